The highest BCUT2D eigenvalue weighted by atomic mass is 35.5. The van der Waals surface area contributed by atoms with Crippen LogP contribution in [0.2, 0.25) is 5.02 Å². The summed E-state index contributed by atoms with van der Waals surface area (Å²) in [6.45, 7) is 5.43. The zero-order valence-electron chi connectivity index (χ0n) is 17.6. The van der Waals surface area contributed by atoms with Crippen LogP contribution in [0.15, 0.2) is 42.7 Å². The van der Waals surface area contributed by atoms with Gasteiger partial charge in [0.2, 0.25) is 0 Å². The highest BCUT2D eigenvalue weighted by Crippen LogP contribution is 2.29. The molecule has 1 aromatic carbocycles. The quantitative estimate of drug-likeness (QED) is 0.645. The SMILES string of the molecule is O=C(O)N1CCN(CC2CN(c3nn(-c4ccc(Cl)cc4)c4cnccc34)CCO2)CC1. The number of pyridine rings is 1. The van der Waals surface area contributed by atoms with Crippen LogP contribution in [0, 0.1) is 0 Å². The first-order valence-corrected chi connectivity index (χ1v) is 11.1. The maximum Gasteiger partial charge on any atom is 0.407 e. The monoisotopic (exact) mass is 456 g/mol. The summed E-state index contributed by atoms with van der Waals surface area (Å²) in [4.78, 5) is 21.5. The van der Waals surface area contributed by atoms with E-state index in [1.54, 1.807) is 6.20 Å². The van der Waals surface area contributed by atoms with Crippen molar-refractivity contribution in [3.63, 3.8) is 0 Å². The molecule has 5 rings (SSSR count). The van der Waals surface area contributed by atoms with Crippen LogP contribution in [0.1, 0.15) is 0 Å². The average Bonchev–Trinajstić information content (AvgIpc) is 3.20. The molecule has 2 aromatic heterocycles. The molecular formula is C22H25ClN6O3. The fourth-order valence-corrected chi connectivity index (χ4v) is 4.52. The van der Waals surface area contributed by atoms with Crippen molar-refractivity contribution in [1.82, 2.24) is 24.6 Å². The summed E-state index contributed by atoms with van der Waals surface area (Å²) in [5, 5.41) is 15.8. The van der Waals surface area contributed by atoms with Crippen LogP contribution < -0.4 is 4.90 Å². The Morgan fingerprint density at radius 2 is 1.91 bits per heavy atom. The number of carboxylic acid groups (broad SMARTS) is 1. The lowest BCUT2D eigenvalue weighted by Gasteiger charge is -2.38. The van der Waals surface area contributed by atoms with Gasteiger partial charge in [0.1, 0.15) is 0 Å². The third-order valence-electron chi connectivity index (χ3n) is 6.08. The van der Waals surface area contributed by atoms with E-state index in [4.69, 9.17) is 26.5 Å². The Labute approximate surface area is 190 Å². The van der Waals surface area contributed by atoms with Gasteiger partial charge in [-0.1, -0.05) is 11.6 Å². The minimum Gasteiger partial charge on any atom is -0.465 e. The summed E-state index contributed by atoms with van der Waals surface area (Å²) in [6, 6.07) is 9.61. The molecule has 3 aromatic rings. The largest absolute Gasteiger partial charge is 0.465 e. The molecule has 1 N–H and O–H groups in total. The van der Waals surface area contributed by atoms with E-state index in [0.717, 1.165) is 55.1 Å². The number of morpholine rings is 1. The van der Waals surface area contributed by atoms with Crippen LogP contribution in [0.4, 0.5) is 10.6 Å². The Hall–Kier alpha value is -2.88. The van der Waals surface area contributed by atoms with E-state index in [0.29, 0.717) is 24.7 Å². The summed E-state index contributed by atoms with van der Waals surface area (Å²) in [7, 11) is 0. The minimum atomic E-state index is -0.845. The van der Waals surface area contributed by atoms with Gasteiger partial charge >= 0.3 is 6.09 Å². The molecule has 0 radical (unpaired) electrons. The molecule has 4 heterocycles. The number of amides is 1. The predicted molar refractivity (Wildman–Crippen MR) is 122 cm³/mol. The third-order valence-corrected chi connectivity index (χ3v) is 6.33. The average molecular weight is 457 g/mol. The predicted octanol–water partition coefficient (Wildman–Crippen LogP) is 2.57. The first-order valence-electron chi connectivity index (χ1n) is 10.7. The molecule has 1 atom stereocenters. The second-order valence-electron chi connectivity index (χ2n) is 8.11. The van der Waals surface area contributed by atoms with Gasteiger partial charge in [0, 0.05) is 62.4 Å². The number of aromatic nitrogens is 3. The molecule has 9 nitrogen and oxygen atoms in total. The molecule has 2 aliphatic rings. The van der Waals surface area contributed by atoms with Crippen molar-refractivity contribution in [1.29, 1.82) is 0 Å². The van der Waals surface area contributed by atoms with Crippen LogP contribution in [0.5, 0.6) is 0 Å². The van der Waals surface area contributed by atoms with Crippen molar-refractivity contribution >= 4 is 34.4 Å². The van der Waals surface area contributed by atoms with E-state index < -0.39 is 6.09 Å². The second kappa shape index (κ2) is 8.93. The first-order chi connectivity index (χ1) is 15.6. The van der Waals surface area contributed by atoms with Gasteiger partial charge in [-0.05, 0) is 30.3 Å². The summed E-state index contributed by atoms with van der Waals surface area (Å²) >= 11 is 6.06. The lowest BCUT2D eigenvalue weighted by Crippen LogP contribution is -2.53. The number of ether oxygens (including phenoxy) is 1. The van der Waals surface area contributed by atoms with Crippen LogP contribution in [-0.4, -0.2) is 94.3 Å². The van der Waals surface area contributed by atoms with Gasteiger partial charge in [0.05, 0.1) is 30.1 Å². The molecule has 2 fully saturated rings. The second-order valence-corrected chi connectivity index (χ2v) is 8.55. The molecule has 0 aliphatic carbocycles. The molecule has 1 unspecified atom stereocenters. The van der Waals surface area contributed by atoms with E-state index >= 15 is 0 Å². The van der Waals surface area contributed by atoms with E-state index in [1.807, 2.05) is 41.2 Å². The number of rotatable bonds is 4. The number of halogens is 1. The normalized spacial score (nSPS) is 20.1. The van der Waals surface area contributed by atoms with Gasteiger partial charge in [-0.3, -0.25) is 9.88 Å². The topological polar surface area (TPSA) is 87.0 Å². The molecule has 0 spiro atoms. The fraction of sp³-hybridized carbons (Fsp3) is 0.409. The van der Waals surface area contributed by atoms with Gasteiger partial charge in [-0.15, -0.1) is 5.10 Å². The van der Waals surface area contributed by atoms with Crippen LogP contribution in [-0.2, 0) is 4.74 Å². The maximum atomic E-state index is 11.1. The molecule has 0 saturated carbocycles. The molecule has 2 saturated heterocycles. The number of hydrogen-bond donors (Lipinski definition) is 1. The molecule has 10 heteroatoms. The summed E-state index contributed by atoms with van der Waals surface area (Å²) in [6.07, 6.45) is 2.82. The first kappa shape index (κ1) is 21.0. The van der Waals surface area contributed by atoms with Crippen molar-refractivity contribution in [2.24, 2.45) is 0 Å². The van der Waals surface area contributed by atoms with Crippen LogP contribution in [0.3, 0.4) is 0 Å². The zero-order chi connectivity index (χ0) is 22.1. The van der Waals surface area contributed by atoms with Crippen molar-refractivity contribution in [3.8, 4) is 5.69 Å². The van der Waals surface area contributed by atoms with E-state index in [-0.39, 0.29) is 6.10 Å². The van der Waals surface area contributed by atoms with Gasteiger partial charge in [0.25, 0.3) is 0 Å². The molecule has 2 aliphatic heterocycles. The molecular weight excluding hydrogens is 432 g/mol. The fourth-order valence-electron chi connectivity index (χ4n) is 4.39. The van der Waals surface area contributed by atoms with E-state index in [1.165, 1.54) is 4.90 Å². The number of hydrogen-bond acceptors (Lipinski definition) is 6. The molecule has 168 valence electrons. The zero-order valence-corrected chi connectivity index (χ0v) is 18.4. The van der Waals surface area contributed by atoms with Gasteiger partial charge in [-0.25, -0.2) is 9.48 Å². The Morgan fingerprint density at radius 3 is 2.66 bits per heavy atom. The van der Waals surface area contributed by atoms with Gasteiger partial charge in [0.15, 0.2) is 5.82 Å². The smallest absolute Gasteiger partial charge is 0.407 e. The highest BCUT2D eigenvalue weighted by Gasteiger charge is 2.28. The minimum absolute atomic E-state index is 0.0395. The lowest BCUT2D eigenvalue weighted by molar-refractivity contribution is 0.00589. The number of benzene rings is 1. The van der Waals surface area contributed by atoms with Crippen molar-refractivity contribution in [2.45, 2.75) is 6.10 Å². The summed E-state index contributed by atoms with van der Waals surface area (Å²) in [5.41, 5.74) is 1.87. The van der Waals surface area contributed by atoms with Gasteiger partial charge in [-0.2, -0.15) is 0 Å². The van der Waals surface area contributed by atoms with Crippen LogP contribution in [0.25, 0.3) is 16.6 Å². The Bertz CT molecular complexity index is 1100. The number of carbonyl (C=O) groups is 1. The van der Waals surface area contributed by atoms with Crippen molar-refractivity contribution in [2.75, 3.05) is 57.3 Å². The third kappa shape index (κ3) is 4.23. The van der Waals surface area contributed by atoms with Gasteiger partial charge < -0.3 is 19.6 Å². The Balaban J connectivity index is 1.34. The maximum absolute atomic E-state index is 11.1. The number of piperazine rings is 1. The standard InChI is InChI=1S/C22H25ClN6O3/c23-16-1-3-17(4-2-16)29-20-13-24-6-5-19(20)21(25-29)28-11-12-32-18(15-28)14-26-7-9-27(10-8-26)22(30)31/h1-6,13,18H,7-12,14-15H2,(H,30,31). The number of fused-ring (bicyclic) bond motifs is 1. The Morgan fingerprint density at radius 1 is 1.12 bits per heavy atom. The van der Waals surface area contributed by atoms with E-state index in [2.05, 4.69) is 14.8 Å². The van der Waals surface area contributed by atoms with Crippen molar-refractivity contribution < 1.29 is 14.6 Å². The summed E-state index contributed by atoms with van der Waals surface area (Å²) in [5.74, 6) is 0.918. The molecule has 1 amide bonds. The number of nitrogens with zero attached hydrogens (tertiary/aromatic N) is 6. The van der Waals surface area contributed by atoms with Crippen LogP contribution >= 0.6 is 11.6 Å². The van der Waals surface area contributed by atoms with E-state index in [9.17, 15) is 4.79 Å². The highest BCUT2D eigenvalue weighted by molar-refractivity contribution is 6.30. The Kier molecular flexibility index (Phi) is 5.86. The molecule has 0 bridgehead atoms. The molecule has 32 heavy (non-hydrogen) atoms. The number of anilines is 1. The van der Waals surface area contributed by atoms with Crippen molar-refractivity contribution in [3.05, 3.63) is 47.7 Å². The lowest BCUT2D eigenvalue weighted by atomic mass is 10.2. The summed E-state index contributed by atoms with van der Waals surface area (Å²) < 4.78 is 7.95.